The van der Waals surface area contributed by atoms with Crippen molar-refractivity contribution in [1.29, 1.82) is 0 Å². The number of aryl methyl sites for hydroxylation is 2. The zero-order chi connectivity index (χ0) is 12.3. The van der Waals surface area contributed by atoms with Crippen LogP contribution in [-0.4, -0.2) is 19.8 Å². The van der Waals surface area contributed by atoms with Gasteiger partial charge in [-0.15, -0.1) is 0 Å². The minimum Gasteiger partial charge on any atom is -0.495 e. The van der Waals surface area contributed by atoms with Crippen molar-refractivity contribution in [1.82, 2.24) is 0 Å². The fraction of sp³-hybridized carbons (Fsp3) is 0.455. The molecular formula is C11H14F3NO. The van der Waals surface area contributed by atoms with Crippen LogP contribution in [0.4, 0.5) is 18.9 Å². The molecule has 0 unspecified atom stereocenters. The fourth-order valence-corrected chi connectivity index (χ4v) is 1.29. The van der Waals surface area contributed by atoms with E-state index >= 15 is 0 Å². The summed E-state index contributed by atoms with van der Waals surface area (Å²) < 4.78 is 41.2. The molecule has 2 nitrogen and oxygen atoms in total. The molecule has 0 aliphatic rings. The quantitative estimate of drug-likeness (QED) is 0.865. The second kappa shape index (κ2) is 4.63. The van der Waals surface area contributed by atoms with Gasteiger partial charge in [0.25, 0.3) is 0 Å². The summed E-state index contributed by atoms with van der Waals surface area (Å²) >= 11 is 0. The standard InChI is InChI=1S/C11H14F3NO/c1-7-4-9(15-6-11(12,13)14)10(16-3)5-8(7)2/h4-5,15H,6H2,1-3H3. The molecule has 0 saturated carbocycles. The van der Waals surface area contributed by atoms with Crippen LogP contribution in [0.1, 0.15) is 11.1 Å². The first kappa shape index (κ1) is 12.7. The highest BCUT2D eigenvalue weighted by Crippen LogP contribution is 2.29. The first-order chi connectivity index (χ1) is 7.33. The number of ether oxygens (including phenoxy) is 1. The summed E-state index contributed by atoms with van der Waals surface area (Å²) in [5, 5.41) is 2.32. The average molecular weight is 233 g/mol. The monoisotopic (exact) mass is 233 g/mol. The number of anilines is 1. The Morgan fingerprint density at radius 3 is 2.25 bits per heavy atom. The number of hydrogen-bond acceptors (Lipinski definition) is 2. The topological polar surface area (TPSA) is 21.3 Å². The van der Waals surface area contributed by atoms with Crippen LogP contribution in [0.15, 0.2) is 12.1 Å². The van der Waals surface area contributed by atoms with E-state index in [0.717, 1.165) is 11.1 Å². The Hall–Kier alpha value is -1.39. The van der Waals surface area contributed by atoms with Crippen LogP contribution in [0.25, 0.3) is 0 Å². The number of nitrogens with one attached hydrogen (secondary N) is 1. The van der Waals surface area contributed by atoms with Crippen LogP contribution >= 0.6 is 0 Å². The highest BCUT2D eigenvalue weighted by atomic mass is 19.4. The van der Waals surface area contributed by atoms with Crippen molar-refractivity contribution in [2.45, 2.75) is 20.0 Å². The van der Waals surface area contributed by atoms with Gasteiger partial charge in [0.2, 0.25) is 0 Å². The molecule has 1 N–H and O–H groups in total. The largest absolute Gasteiger partial charge is 0.495 e. The van der Waals surface area contributed by atoms with Gasteiger partial charge in [0.05, 0.1) is 12.8 Å². The lowest BCUT2D eigenvalue weighted by atomic mass is 10.1. The number of rotatable bonds is 3. The van der Waals surface area contributed by atoms with Gasteiger partial charge >= 0.3 is 6.18 Å². The molecule has 0 spiro atoms. The molecule has 0 heterocycles. The third-order valence-electron chi connectivity index (χ3n) is 2.30. The van der Waals surface area contributed by atoms with Crippen LogP contribution in [-0.2, 0) is 0 Å². The highest BCUT2D eigenvalue weighted by Gasteiger charge is 2.27. The molecule has 90 valence electrons. The van der Waals surface area contributed by atoms with Gasteiger partial charge < -0.3 is 10.1 Å². The molecule has 0 bridgehead atoms. The van der Waals surface area contributed by atoms with E-state index in [1.54, 1.807) is 12.1 Å². The molecule has 1 aromatic carbocycles. The van der Waals surface area contributed by atoms with Gasteiger partial charge in [-0.1, -0.05) is 0 Å². The maximum absolute atomic E-state index is 12.1. The summed E-state index contributed by atoms with van der Waals surface area (Å²) in [6.45, 7) is 2.66. The molecule has 0 fully saturated rings. The molecule has 16 heavy (non-hydrogen) atoms. The lowest BCUT2D eigenvalue weighted by Crippen LogP contribution is -2.21. The van der Waals surface area contributed by atoms with E-state index in [2.05, 4.69) is 5.32 Å². The Balaban J connectivity index is 2.90. The second-order valence-corrected chi connectivity index (χ2v) is 3.61. The Morgan fingerprint density at radius 2 is 1.75 bits per heavy atom. The van der Waals surface area contributed by atoms with Crippen molar-refractivity contribution in [3.63, 3.8) is 0 Å². The molecule has 0 saturated heterocycles. The number of benzene rings is 1. The summed E-state index contributed by atoms with van der Waals surface area (Å²) in [6, 6.07) is 3.37. The SMILES string of the molecule is COc1cc(C)c(C)cc1NCC(F)(F)F. The van der Waals surface area contributed by atoms with Crippen molar-refractivity contribution in [3.05, 3.63) is 23.3 Å². The smallest absolute Gasteiger partial charge is 0.405 e. The van der Waals surface area contributed by atoms with Crippen molar-refractivity contribution in [2.75, 3.05) is 19.0 Å². The third-order valence-corrected chi connectivity index (χ3v) is 2.30. The molecule has 0 atom stereocenters. The number of halogens is 3. The molecule has 0 amide bonds. The van der Waals surface area contributed by atoms with Crippen molar-refractivity contribution in [3.8, 4) is 5.75 Å². The minimum absolute atomic E-state index is 0.364. The fourth-order valence-electron chi connectivity index (χ4n) is 1.29. The number of hydrogen-bond donors (Lipinski definition) is 1. The predicted molar refractivity (Wildman–Crippen MR) is 57.0 cm³/mol. The molecule has 0 aliphatic heterocycles. The maximum Gasteiger partial charge on any atom is 0.405 e. The van der Waals surface area contributed by atoms with E-state index in [9.17, 15) is 13.2 Å². The molecule has 0 radical (unpaired) electrons. The van der Waals surface area contributed by atoms with Gasteiger partial charge in [0, 0.05) is 0 Å². The first-order valence-corrected chi connectivity index (χ1v) is 4.79. The van der Waals surface area contributed by atoms with Gasteiger partial charge in [0.1, 0.15) is 12.3 Å². The Kier molecular flexibility index (Phi) is 3.67. The lowest BCUT2D eigenvalue weighted by Gasteiger charge is -2.14. The Labute approximate surface area is 92.4 Å². The van der Waals surface area contributed by atoms with Gasteiger partial charge in [-0.2, -0.15) is 13.2 Å². The van der Waals surface area contributed by atoms with Crippen LogP contribution in [0.3, 0.4) is 0 Å². The molecular weight excluding hydrogens is 219 g/mol. The summed E-state index contributed by atoms with van der Waals surface area (Å²) in [5.74, 6) is 0.423. The Bertz CT molecular complexity index is 374. The molecule has 0 aromatic heterocycles. The van der Waals surface area contributed by atoms with E-state index in [4.69, 9.17) is 4.74 Å². The van der Waals surface area contributed by atoms with Crippen LogP contribution in [0, 0.1) is 13.8 Å². The van der Waals surface area contributed by atoms with Gasteiger partial charge in [-0.25, -0.2) is 0 Å². The maximum atomic E-state index is 12.1. The molecule has 5 heteroatoms. The lowest BCUT2D eigenvalue weighted by molar-refractivity contribution is -0.115. The molecule has 0 aliphatic carbocycles. The van der Waals surface area contributed by atoms with Crippen molar-refractivity contribution in [2.24, 2.45) is 0 Å². The van der Waals surface area contributed by atoms with Crippen LogP contribution in [0.5, 0.6) is 5.75 Å². The summed E-state index contributed by atoms with van der Waals surface area (Å²) in [6.07, 6.45) is -4.23. The summed E-state index contributed by atoms with van der Waals surface area (Å²) in [4.78, 5) is 0. The highest BCUT2D eigenvalue weighted by molar-refractivity contribution is 5.60. The van der Waals surface area contributed by atoms with Crippen molar-refractivity contribution < 1.29 is 17.9 Å². The van der Waals surface area contributed by atoms with E-state index in [1.807, 2.05) is 13.8 Å². The van der Waals surface area contributed by atoms with Gasteiger partial charge in [-0.05, 0) is 37.1 Å². The zero-order valence-corrected chi connectivity index (χ0v) is 9.40. The van der Waals surface area contributed by atoms with Crippen LogP contribution in [0.2, 0.25) is 0 Å². The minimum atomic E-state index is -4.23. The van der Waals surface area contributed by atoms with E-state index in [1.165, 1.54) is 7.11 Å². The average Bonchev–Trinajstić information content (AvgIpc) is 2.18. The van der Waals surface area contributed by atoms with Crippen LogP contribution < -0.4 is 10.1 Å². The molecule has 1 aromatic rings. The molecule has 1 rings (SSSR count). The zero-order valence-electron chi connectivity index (χ0n) is 9.40. The summed E-state index contributed by atoms with van der Waals surface area (Å²) in [7, 11) is 1.43. The normalized spacial score (nSPS) is 11.4. The van der Waals surface area contributed by atoms with Crippen molar-refractivity contribution >= 4 is 5.69 Å². The van der Waals surface area contributed by atoms with E-state index < -0.39 is 12.7 Å². The summed E-state index contributed by atoms with van der Waals surface area (Å²) in [5.41, 5.74) is 2.27. The van der Waals surface area contributed by atoms with Gasteiger partial charge in [0.15, 0.2) is 0 Å². The second-order valence-electron chi connectivity index (χ2n) is 3.61. The Morgan fingerprint density at radius 1 is 1.19 bits per heavy atom. The number of alkyl halides is 3. The number of methoxy groups -OCH3 is 1. The first-order valence-electron chi connectivity index (χ1n) is 4.79. The third kappa shape index (κ3) is 3.32. The van der Waals surface area contributed by atoms with E-state index in [-0.39, 0.29) is 0 Å². The van der Waals surface area contributed by atoms with Gasteiger partial charge in [-0.3, -0.25) is 0 Å². The predicted octanol–water partition coefficient (Wildman–Crippen LogP) is 3.29. The van der Waals surface area contributed by atoms with E-state index in [0.29, 0.717) is 11.4 Å².